The highest BCUT2D eigenvalue weighted by Crippen LogP contribution is 2.32. The van der Waals surface area contributed by atoms with Crippen molar-refractivity contribution in [2.45, 2.75) is 6.92 Å². The Morgan fingerprint density at radius 2 is 2.00 bits per heavy atom. The molecule has 0 fully saturated rings. The molecule has 24 heavy (non-hydrogen) atoms. The lowest BCUT2D eigenvalue weighted by atomic mass is 9.95. The van der Waals surface area contributed by atoms with E-state index in [4.69, 9.17) is 28.9 Å². The van der Waals surface area contributed by atoms with Crippen LogP contribution in [0.3, 0.4) is 0 Å². The average molecular weight is 366 g/mol. The molecule has 2 aromatic rings. The molecule has 7 heteroatoms. The van der Waals surface area contributed by atoms with Gasteiger partial charge in [0.1, 0.15) is 5.83 Å². The van der Waals surface area contributed by atoms with E-state index >= 15 is 0 Å². The van der Waals surface area contributed by atoms with Crippen LogP contribution in [0, 0.1) is 6.92 Å². The van der Waals surface area contributed by atoms with E-state index in [2.05, 4.69) is 16.8 Å². The summed E-state index contributed by atoms with van der Waals surface area (Å²) in [6.45, 7) is 5.37. The second-order valence-electron chi connectivity index (χ2n) is 4.92. The molecule has 0 spiro atoms. The van der Waals surface area contributed by atoms with E-state index in [0.29, 0.717) is 21.8 Å². The maximum atomic E-state index is 14.4. The van der Waals surface area contributed by atoms with Crippen LogP contribution in [-0.2, 0) is 0 Å². The van der Waals surface area contributed by atoms with Gasteiger partial charge in [-0.2, -0.15) is 5.10 Å². The molecule has 124 valence electrons. The molecular formula is C17H14Cl2FN3O. The van der Waals surface area contributed by atoms with Gasteiger partial charge in [0, 0.05) is 22.4 Å². The van der Waals surface area contributed by atoms with Crippen LogP contribution in [0.2, 0.25) is 5.02 Å². The maximum absolute atomic E-state index is 14.4. The van der Waals surface area contributed by atoms with Gasteiger partial charge in [0.15, 0.2) is 0 Å². The Kier molecular flexibility index (Phi) is 5.59. The van der Waals surface area contributed by atoms with E-state index in [1.807, 2.05) is 0 Å². The molecule has 1 aromatic heterocycles. The molecule has 1 aromatic carbocycles. The summed E-state index contributed by atoms with van der Waals surface area (Å²) < 4.78 is 14.4. The summed E-state index contributed by atoms with van der Waals surface area (Å²) in [6, 6.07) is 6.78. The van der Waals surface area contributed by atoms with Crippen LogP contribution >= 0.6 is 23.2 Å². The van der Waals surface area contributed by atoms with Gasteiger partial charge in [-0.05, 0) is 30.7 Å². The van der Waals surface area contributed by atoms with E-state index in [0.717, 1.165) is 12.3 Å². The molecule has 0 aliphatic carbocycles. The molecule has 0 aliphatic rings. The van der Waals surface area contributed by atoms with Crippen LogP contribution in [0.4, 0.5) is 4.39 Å². The minimum Gasteiger partial charge on any atom is -0.403 e. The Morgan fingerprint density at radius 1 is 1.38 bits per heavy atom. The van der Waals surface area contributed by atoms with Gasteiger partial charge < -0.3 is 5.73 Å². The second-order valence-corrected chi connectivity index (χ2v) is 5.79. The third-order valence-corrected chi connectivity index (χ3v) is 3.80. The number of aryl methyl sites for hydroxylation is 1. The van der Waals surface area contributed by atoms with E-state index in [1.165, 1.54) is 0 Å². The SMILES string of the molecule is C=C(/C(F)=C\C(Cl)=C/N)c1c(-c2ccc(Cl)cc2)c(C)n[nH]c1=O. The number of allylic oxidation sites excluding steroid dienone is 4. The second kappa shape index (κ2) is 7.47. The zero-order chi connectivity index (χ0) is 17.9. The lowest BCUT2D eigenvalue weighted by Gasteiger charge is -2.12. The van der Waals surface area contributed by atoms with E-state index in [9.17, 15) is 9.18 Å². The number of nitrogens with zero attached hydrogens (tertiary/aromatic N) is 1. The number of hydrogen-bond donors (Lipinski definition) is 2. The quantitative estimate of drug-likeness (QED) is 0.793. The highest BCUT2D eigenvalue weighted by Gasteiger charge is 2.19. The number of aromatic amines is 1. The molecule has 0 atom stereocenters. The number of aromatic nitrogens is 2. The van der Waals surface area contributed by atoms with Crippen LogP contribution in [0.1, 0.15) is 11.3 Å². The highest BCUT2D eigenvalue weighted by atomic mass is 35.5. The number of rotatable bonds is 4. The number of nitrogens with one attached hydrogen (secondary N) is 1. The first-order chi connectivity index (χ1) is 11.3. The predicted octanol–water partition coefficient (Wildman–Crippen LogP) is 4.30. The Morgan fingerprint density at radius 3 is 2.58 bits per heavy atom. The van der Waals surface area contributed by atoms with Gasteiger partial charge in [-0.25, -0.2) is 9.49 Å². The summed E-state index contributed by atoms with van der Waals surface area (Å²) >= 11 is 11.6. The summed E-state index contributed by atoms with van der Waals surface area (Å²) in [5, 5.41) is 6.81. The molecule has 0 unspecified atom stereocenters. The lowest BCUT2D eigenvalue weighted by molar-refractivity contribution is 0.673. The summed E-state index contributed by atoms with van der Waals surface area (Å²) in [4.78, 5) is 12.3. The molecule has 0 bridgehead atoms. The zero-order valence-corrected chi connectivity index (χ0v) is 14.2. The van der Waals surface area contributed by atoms with Crippen molar-refractivity contribution in [2.24, 2.45) is 5.73 Å². The summed E-state index contributed by atoms with van der Waals surface area (Å²) in [6.07, 6.45) is 2.03. The first kappa shape index (κ1) is 18.0. The predicted molar refractivity (Wildman–Crippen MR) is 96.4 cm³/mol. The molecule has 2 rings (SSSR count). The molecule has 1 heterocycles. The fraction of sp³-hybridized carbons (Fsp3) is 0.0588. The smallest absolute Gasteiger partial charge is 0.272 e. The topological polar surface area (TPSA) is 71.8 Å². The van der Waals surface area contributed by atoms with Gasteiger partial charge in [-0.1, -0.05) is 41.9 Å². The van der Waals surface area contributed by atoms with Gasteiger partial charge in [0.05, 0.1) is 16.3 Å². The molecule has 4 nitrogen and oxygen atoms in total. The summed E-state index contributed by atoms with van der Waals surface area (Å²) in [7, 11) is 0. The van der Waals surface area contributed by atoms with Crippen LogP contribution in [-0.4, -0.2) is 10.2 Å². The Bertz CT molecular complexity index is 899. The lowest BCUT2D eigenvalue weighted by Crippen LogP contribution is -2.17. The van der Waals surface area contributed by atoms with Crippen LogP contribution in [0.25, 0.3) is 16.7 Å². The molecule has 0 aliphatic heterocycles. The van der Waals surface area contributed by atoms with Crippen molar-refractivity contribution in [1.29, 1.82) is 0 Å². The maximum Gasteiger partial charge on any atom is 0.272 e. The van der Waals surface area contributed by atoms with Crippen LogP contribution in [0.15, 0.2) is 58.8 Å². The van der Waals surface area contributed by atoms with Crippen molar-refractivity contribution >= 4 is 28.8 Å². The Labute approximate surface area is 148 Å². The monoisotopic (exact) mass is 365 g/mol. The Hall–Kier alpha value is -2.37. The van der Waals surface area contributed by atoms with Crippen molar-refractivity contribution in [3.05, 3.63) is 80.6 Å². The number of nitrogens with two attached hydrogens (primary N) is 1. The average Bonchev–Trinajstić information content (AvgIpc) is 2.56. The molecule has 0 saturated heterocycles. The third-order valence-electron chi connectivity index (χ3n) is 3.31. The van der Waals surface area contributed by atoms with Gasteiger partial charge in [0.25, 0.3) is 5.56 Å². The normalized spacial score (nSPS) is 12.3. The van der Waals surface area contributed by atoms with Crippen LogP contribution < -0.4 is 11.3 Å². The van der Waals surface area contributed by atoms with Crippen molar-refractivity contribution in [3.8, 4) is 11.1 Å². The van der Waals surface area contributed by atoms with Crippen molar-refractivity contribution in [3.63, 3.8) is 0 Å². The van der Waals surface area contributed by atoms with Crippen molar-refractivity contribution < 1.29 is 4.39 Å². The number of halogens is 3. The highest BCUT2D eigenvalue weighted by molar-refractivity contribution is 6.31. The van der Waals surface area contributed by atoms with Gasteiger partial charge in [-0.3, -0.25) is 4.79 Å². The summed E-state index contributed by atoms with van der Waals surface area (Å²) in [5.41, 5.74) is 6.26. The standard InChI is InChI=1S/C17H14Cl2FN3O/c1-9(14(20)7-13(19)8-21)15-16(10(2)22-23-17(15)24)11-3-5-12(18)6-4-11/h3-8H,1,21H2,2H3,(H,23,24)/b13-8+,14-7+. The van der Waals surface area contributed by atoms with E-state index < -0.39 is 11.4 Å². The molecule has 0 radical (unpaired) electrons. The number of benzene rings is 1. The fourth-order valence-corrected chi connectivity index (χ4v) is 2.40. The molecule has 0 amide bonds. The third kappa shape index (κ3) is 3.75. The number of hydrogen-bond acceptors (Lipinski definition) is 3. The van der Waals surface area contributed by atoms with Crippen molar-refractivity contribution in [1.82, 2.24) is 10.2 Å². The van der Waals surface area contributed by atoms with Gasteiger partial charge >= 0.3 is 0 Å². The molecule has 0 saturated carbocycles. The van der Waals surface area contributed by atoms with Crippen LogP contribution in [0.5, 0.6) is 0 Å². The summed E-state index contributed by atoms with van der Waals surface area (Å²) in [5.74, 6) is -0.770. The first-order valence-electron chi connectivity index (χ1n) is 6.84. The number of H-pyrrole nitrogens is 1. The Balaban J connectivity index is 2.68. The van der Waals surface area contributed by atoms with Gasteiger partial charge in [0.2, 0.25) is 0 Å². The molecular weight excluding hydrogens is 352 g/mol. The zero-order valence-electron chi connectivity index (χ0n) is 12.7. The van der Waals surface area contributed by atoms with Crippen molar-refractivity contribution in [2.75, 3.05) is 0 Å². The fourth-order valence-electron chi connectivity index (χ4n) is 2.17. The largest absolute Gasteiger partial charge is 0.403 e. The minimum atomic E-state index is -0.770. The van der Waals surface area contributed by atoms with E-state index in [1.54, 1.807) is 31.2 Å². The van der Waals surface area contributed by atoms with Gasteiger partial charge in [-0.15, -0.1) is 0 Å². The minimum absolute atomic E-state index is 0.0103. The first-order valence-corrected chi connectivity index (χ1v) is 7.60. The van der Waals surface area contributed by atoms with E-state index in [-0.39, 0.29) is 16.2 Å². The molecule has 3 N–H and O–H groups in total.